The van der Waals surface area contributed by atoms with Gasteiger partial charge in [-0.05, 0) is 47.9 Å². The average molecular weight is 397 g/mol. The highest BCUT2D eigenvalue weighted by molar-refractivity contribution is 6.30. The summed E-state index contributed by atoms with van der Waals surface area (Å²) in [5.41, 5.74) is 1.14. The monoisotopic (exact) mass is 396 g/mol. The molecule has 0 fully saturated rings. The number of carbonyl (C=O) groups is 2. The summed E-state index contributed by atoms with van der Waals surface area (Å²) in [5.74, 6) is -2.26. The summed E-state index contributed by atoms with van der Waals surface area (Å²) >= 11 is 6.14. The summed E-state index contributed by atoms with van der Waals surface area (Å²) in [4.78, 5) is 23.9. The Morgan fingerprint density at radius 1 is 0.815 bits per heavy atom. The molecule has 4 nitrogen and oxygen atoms in total. The zero-order chi connectivity index (χ0) is 20.6. The number of carboxylic acids is 2. The lowest BCUT2D eigenvalue weighted by Gasteiger charge is -2.22. The molecule has 1 aromatic rings. The van der Waals surface area contributed by atoms with Crippen molar-refractivity contribution in [2.45, 2.75) is 78.1 Å². The minimum atomic E-state index is -0.923. The van der Waals surface area contributed by atoms with Crippen molar-refractivity contribution in [1.29, 1.82) is 0 Å². The van der Waals surface area contributed by atoms with Gasteiger partial charge in [-0.1, -0.05) is 71.0 Å². The molecule has 0 saturated heterocycles. The van der Waals surface area contributed by atoms with E-state index in [1.54, 1.807) is 18.2 Å². The first kappa shape index (κ1) is 23.5. The van der Waals surface area contributed by atoms with Crippen molar-refractivity contribution in [3.63, 3.8) is 0 Å². The van der Waals surface area contributed by atoms with E-state index in [0.717, 1.165) is 25.7 Å². The number of hydrogen-bond donors (Lipinski definition) is 2. The Labute approximate surface area is 167 Å². The molecule has 0 spiro atoms. The van der Waals surface area contributed by atoms with E-state index in [0.29, 0.717) is 40.8 Å². The Hall–Kier alpha value is -1.55. The van der Waals surface area contributed by atoms with E-state index in [9.17, 15) is 19.8 Å². The van der Waals surface area contributed by atoms with Crippen molar-refractivity contribution in [3.05, 3.63) is 34.3 Å². The molecule has 2 unspecified atom stereocenters. The fourth-order valence-electron chi connectivity index (χ4n) is 3.45. The molecule has 0 aliphatic heterocycles. The van der Waals surface area contributed by atoms with Crippen LogP contribution in [0.5, 0.6) is 0 Å². The first-order valence-electron chi connectivity index (χ1n) is 9.88. The van der Waals surface area contributed by atoms with Crippen molar-refractivity contribution < 1.29 is 19.8 Å². The van der Waals surface area contributed by atoms with Crippen LogP contribution < -0.4 is 0 Å². The third-order valence-corrected chi connectivity index (χ3v) is 5.18. The van der Waals surface area contributed by atoms with Gasteiger partial charge in [0.05, 0.1) is 11.8 Å². The molecule has 0 radical (unpaired) electrons. The van der Waals surface area contributed by atoms with Gasteiger partial charge < -0.3 is 10.2 Å². The first-order valence-corrected chi connectivity index (χ1v) is 10.3. The van der Waals surface area contributed by atoms with Crippen molar-refractivity contribution in [2.24, 2.45) is 11.8 Å². The van der Waals surface area contributed by atoms with E-state index < -0.39 is 23.8 Å². The number of rotatable bonds is 12. The molecule has 0 amide bonds. The van der Waals surface area contributed by atoms with E-state index in [4.69, 9.17) is 11.6 Å². The molecule has 5 heteroatoms. The molecular formula is C22H33ClO4. The number of halogens is 1. The molecule has 0 bridgehead atoms. The molecule has 27 heavy (non-hydrogen) atoms. The number of benzene rings is 1. The van der Waals surface area contributed by atoms with Crippen LogP contribution in [0.4, 0.5) is 0 Å². The lowest BCUT2D eigenvalue weighted by molar-refractivity contribution is -0.140. The molecule has 0 saturated carbocycles. The number of carboxylic acid groups (broad SMARTS) is 2. The molecule has 0 heterocycles. The molecule has 0 aliphatic rings. The lowest BCUT2D eigenvalue weighted by Crippen LogP contribution is -2.19. The molecular weight excluding hydrogens is 364 g/mol. The largest absolute Gasteiger partial charge is 0.481 e. The van der Waals surface area contributed by atoms with Crippen LogP contribution in [0.3, 0.4) is 0 Å². The van der Waals surface area contributed by atoms with Crippen molar-refractivity contribution in [2.75, 3.05) is 0 Å². The van der Waals surface area contributed by atoms with Crippen LogP contribution in [-0.4, -0.2) is 22.2 Å². The van der Waals surface area contributed by atoms with Gasteiger partial charge in [0.1, 0.15) is 0 Å². The van der Waals surface area contributed by atoms with Crippen LogP contribution in [0.15, 0.2) is 18.2 Å². The second-order valence-electron chi connectivity index (χ2n) is 8.20. The van der Waals surface area contributed by atoms with Crippen LogP contribution >= 0.6 is 11.6 Å². The summed E-state index contributed by atoms with van der Waals surface area (Å²) in [5, 5.41) is 20.0. The van der Waals surface area contributed by atoms with Gasteiger partial charge in [-0.15, -0.1) is 0 Å². The van der Waals surface area contributed by atoms with Gasteiger partial charge in [-0.2, -0.15) is 0 Å². The molecule has 152 valence electrons. The fraction of sp³-hybridized carbons (Fsp3) is 0.636. The first-order chi connectivity index (χ1) is 12.6. The van der Waals surface area contributed by atoms with Crippen LogP contribution in [0.1, 0.15) is 89.2 Å². The van der Waals surface area contributed by atoms with E-state index in [2.05, 4.69) is 27.7 Å². The standard InChI is InChI=1S/C22H33ClO4/c1-14(2)7-5-9-18(21(24)25)17-12-11-16(23)13-20(17)19(22(26)27)10-6-8-15(3)4/h11-15,18-19H,5-10H2,1-4H3,(H,24,25)(H,26,27). The minimum absolute atomic E-state index is 0.440. The van der Waals surface area contributed by atoms with Gasteiger partial charge in [0, 0.05) is 5.02 Å². The van der Waals surface area contributed by atoms with Crippen LogP contribution in [0, 0.1) is 11.8 Å². The Bertz CT molecular complexity index is 625. The second-order valence-corrected chi connectivity index (χ2v) is 8.64. The third kappa shape index (κ3) is 7.92. The molecule has 2 atom stereocenters. The Morgan fingerprint density at radius 3 is 1.67 bits per heavy atom. The van der Waals surface area contributed by atoms with Gasteiger partial charge in [0.15, 0.2) is 0 Å². The highest BCUT2D eigenvalue weighted by Crippen LogP contribution is 2.35. The van der Waals surface area contributed by atoms with Gasteiger partial charge in [-0.3, -0.25) is 9.59 Å². The van der Waals surface area contributed by atoms with Crippen LogP contribution in [0.2, 0.25) is 5.02 Å². The highest BCUT2D eigenvalue weighted by atomic mass is 35.5. The van der Waals surface area contributed by atoms with Gasteiger partial charge in [0.2, 0.25) is 0 Å². The van der Waals surface area contributed by atoms with E-state index in [1.807, 2.05) is 0 Å². The normalized spacial score (nSPS) is 13.7. The van der Waals surface area contributed by atoms with Crippen LogP contribution in [0.25, 0.3) is 0 Å². The summed E-state index contributed by atoms with van der Waals surface area (Å²) in [6.45, 7) is 8.43. The van der Waals surface area contributed by atoms with E-state index >= 15 is 0 Å². The summed E-state index contributed by atoms with van der Waals surface area (Å²) in [7, 11) is 0. The molecule has 0 aliphatic carbocycles. The topological polar surface area (TPSA) is 74.6 Å². The van der Waals surface area contributed by atoms with E-state index in [1.165, 1.54) is 0 Å². The molecule has 1 rings (SSSR count). The Morgan fingerprint density at radius 2 is 1.26 bits per heavy atom. The lowest BCUT2D eigenvalue weighted by atomic mass is 9.82. The Kier molecular flexibility index (Phi) is 9.86. The third-order valence-electron chi connectivity index (χ3n) is 4.94. The number of aliphatic carboxylic acids is 2. The van der Waals surface area contributed by atoms with Crippen molar-refractivity contribution in [3.8, 4) is 0 Å². The fourth-order valence-corrected chi connectivity index (χ4v) is 3.63. The minimum Gasteiger partial charge on any atom is -0.481 e. The summed E-state index contributed by atoms with van der Waals surface area (Å²) in [6, 6.07) is 5.00. The smallest absolute Gasteiger partial charge is 0.310 e. The second kappa shape index (κ2) is 11.3. The predicted octanol–water partition coefficient (Wildman–Crippen LogP) is 6.33. The van der Waals surface area contributed by atoms with Gasteiger partial charge >= 0.3 is 11.9 Å². The summed E-state index contributed by atoms with van der Waals surface area (Å²) < 4.78 is 0. The van der Waals surface area contributed by atoms with Crippen molar-refractivity contribution in [1.82, 2.24) is 0 Å². The molecule has 1 aromatic carbocycles. The van der Waals surface area contributed by atoms with E-state index in [-0.39, 0.29) is 0 Å². The zero-order valence-electron chi connectivity index (χ0n) is 16.9. The number of hydrogen-bond acceptors (Lipinski definition) is 2. The Balaban J connectivity index is 3.17. The zero-order valence-corrected chi connectivity index (χ0v) is 17.6. The molecule has 2 N–H and O–H groups in total. The maximum atomic E-state index is 11.9. The predicted molar refractivity (Wildman–Crippen MR) is 110 cm³/mol. The quantitative estimate of drug-likeness (QED) is 0.433. The van der Waals surface area contributed by atoms with Gasteiger partial charge in [-0.25, -0.2) is 0 Å². The maximum absolute atomic E-state index is 11.9. The SMILES string of the molecule is CC(C)CCCC(C(=O)O)c1ccc(Cl)cc1C(CCCC(C)C)C(=O)O. The summed E-state index contributed by atoms with van der Waals surface area (Å²) in [6.07, 6.45) is 4.45. The van der Waals surface area contributed by atoms with Gasteiger partial charge in [0.25, 0.3) is 0 Å². The maximum Gasteiger partial charge on any atom is 0.310 e. The molecule has 0 aromatic heterocycles. The highest BCUT2D eigenvalue weighted by Gasteiger charge is 2.29. The van der Waals surface area contributed by atoms with Crippen LogP contribution in [-0.2, 0) is 9.59 Å². The van der Waals surface area contributed by atoms with Crippen molar-refractivity contribution >= 4 is 23.5 Å². The average Bonchev–Trinajstić information content (AvgIpc) is 2.55.